The summed E-state index contributed by atoms with van der Waals surface area (Å²) in [6.45, 7) is 13.8. The van der Waals surface area contributed by atoms with E-state index >= 15 is 0 Å². The second kappa shape index (κ2) is 8.65. The predicted molar refractivity (Wildman–Crippen MR) is 125 cm³/mol. The summed E-state index contributed by atoms with van der Waals surface area (Å²) in [6, 6.07) is 20.9. The van der Waals surface area contributed by atoms with Crippen LogP contribution in [0.15, 0.2) is 60.7 Å². The average molecular weight is 426 g/mol. The van der Waals surface area contributed by atoms with Gasteiger partial charge < -0.3 is 14.5 Å². The Hall–Kier alpha value is -1.95. The maximum absolute atomic E-state index is 12.6. The van der Waals surface area contributed by atoms with Crippen LogP contribution in [-0.2, 0) is 14.0 Å². The van der Waals surface area contributed by atoms with Gasteiger partial charge >= 0.3 is 5.97 Å². The second-order valence-electron chi connectivity index (χ2n) is 10.2. The molecule has 0 aromatic heterocycles. The van der Waals surface area contributed by atoms with E-state index in [1.165, 1.54) is 10.4 Å². The first-order valence-electron chi connectivity index (χ1n) is 10.8. The summed E-state index contributed by atoms with van der Waals surface area (Å²) in [7, 11) is -2.59. The summed E-state index contributed by atoms with van der Waals surface area (Å²) >= 11 is 0. The molecule has 1 fully saturated rings. The second-order valence-corrected chi connectivity index (χ2v) is 14.5. The van der Waals surface area contributed by atoms with Crippen LogP contribution in [0.5, 0.6) is 0 Å². The van der Waals surface area contributed by atoms with Crippen LogP contribution in [0.2, 0.25) is 5.04 Å². The molecule has 0 saturated carbocycles. The molecule has 4 nitrogen and oxygen atoms in total. The molecule has 2 atom stereocenters. The molecule has 3 rings (SSSR count). The third-order valence-electron chi connectivity index (χ3n) is 5.66. The van der Waals surface area contributed by atoms with Crippen LogP contribution in [0.1, 0.15) is 41.5 Å². The van der Waals surface area contributed by atoms with Crippen molar-refractivity contribution in [2.75, 3.05) is 13.2 Å². The van der Waals surface area contributed by atoms with E-state index < -0.39 is 13.9 Å². The van der Waals surface area contributed by atoms with Crippen molar-refractivity contribution in [2.45, 2.75) is 58.2 Å². The van der Waals surface area contributed by atoms with E-state index in [1.54, 1.807) is 0 Å². The molecule has 1 saturated heterocycles. The normalized spacial score (nSPS) is 19.8. The molecule has 1 aliphatic rings. The molecule has 1 N–H and O–H groups in total. The SMILES string of the molecule is CC(C)(C)OC(=O)[C@H]1NC[C@H]1CO[Si](c1ccccc1)(c1ccccc1)C(C)(C)C. The highest BCUT2D eigenvalue weighted by Gasteiger charge is 2.51. The maximum atomic E-state index is 12.6. The van der Waals surface area contributed by atoms with Crippen LogP contribution in [-0.4, -0.2) is 39.1 Å². The van der Waals surface area contributed by atoms with Gasteiger partial charge in [-0.2, -0.15) is 0 Å². The van der Waals surface area contributed by atoms with Gasteiger partial charge in [0, 0.05) is 19.1 Å². The lowest BCUT2D eigenvalue weighted by molar-refractivity contribution is -0.162. The van der Waals surface area contributed by atoms with E-state index in [-0.39, 0.29) is 23.0 Å². The number of hydrogen-bond donors (Lipinski definition) is 1. The Morgan fingerprint density at radius 1 is 0.933 bits per heavy atom. The number of hydrogen-bond acceptors (Lipinski definition) is 4. The van der Waals surface area contributed by atoms with Gasteiger partial charge in [-0.05, 0) is 36.2 Å². The van der Waals surface area contributed by atoms with Crippen LogP contribution in [0.25, 0.3) is 0 Å². The molecule has 0 amide bonds. The fraction of sp³-hybridized carbons (Fsp3) is 0.480. The minimum atomic E-state index is -2.59. The standard InChI is InChI=1S/C25H35NO3Si/c1-24(2,3)29-23(27)22-19(17-26-22)18-28-30(25(4,5)6,20-13-9-7-10-14-20)21-15-11-8-12-16-21/h7-16,19,22,26H,17-18H2,1-6H3/t19-,22-/m0/s1. The van der Waals surface area contributed by atoms with Crippen molar-refractivity contribution >= 4 is 24.7 Å². The molecule has 0 radical (unpaired) electrons. The maximum Gasteiger partial charge on any atom is 0.324 e. The molecular weight excluding hydrogens is 390 g/mol. The van der Waals surface area contributed by atoms with Gasteiger partial charge in [0.25, 0.3) is 8.32 Å². The predicted octanol–water partition coefficient (Wildman–Crippen LogP) is 3.49. The molecule has 1 aliphatic heterocycles. The number of carbonyl (C=O) groups is 1. The van der Waals surface area contributed by atoms with Crippen molar-refractivity contribution in [2.24, 2.45) is 5.92 Å². The number of benzene rings is 2. The molecular formula is C25H35NO3Si. The number of esters is 1. The van der Waals surface area contributed by atoms with Gasteiger partial charge in [0.05, 0.1) is 0 Å². The molecule has 162 valence electrons. The summed E-state index contributed by atoms with van der Waals surface area (Å²) in [6.07, 6.45) is 0. The Balaban J connectivity index is 1.90. The Morgan fingerprint density at radius 3 is 1.80 bits per heavy atom. The third kappa shape index (κ3) is 4.69. The van der Waals surface area contributed by atoms with E-state index in [0.29, 0.717) is 6.61 Å². The highest BCUT2D eigenvalue weighted by Crippen LogP contribution is 2.37. The van der Waals surface area contributed by atoms with Gasteiger partial charge in [-0.25, -0.2) is 0 Å². The largest absolute Gasteiger partial charge is 0.459 e. The van der Waals surface area contributed by atoms with Crippen LogP contribution in [0.4, 0.5) is 0 Å². The fourth-order valence-corrected chi connectivity index (χ4v) is 8.81. The monoisotopic (exact) mass is 425 g/mol. The molecule has 5 heteroatoms. The van der Waals surface area contributed by atoms with Gasteiger partial charge in [-0.3, -0.25) is 4.79 Å². The molecule has 0 bridgehead atoms. The third-order valence-corrected chi connectivity index (χ3v) is 10.7. The summed E-state index contributed by atoms with van der Waals surface area (Å²) in [4.78, 5) is 12.6. The van der Waals surface area contributed by atoms with E-state index in [4.69, 9.17) is 9.16 Å². The van der Waals surface area contributed by atoms with Crippen molar-refractivity contribution in [3.05, 3.63) is 60.7 Å². The summed E-state index contributed by atoms with van der Waals surface area (Å²) < 4.78 is 12.6. The molecule has 0 aliphatic carbocycles. The molecule has 0 spiro atoms. The Bertz CT molecular complexity index is 801. The Morgan fingerprint density at radius 2 is 1.43 bits per heavy atom. The fourth-order valence-electron chi connectivity index (χ4n) is 4.19. The zero-order chi connectivity index (χ0) is 22.0. The molecule has 2 aromatic carbocycles. The number of nitrogens with one attached hydrogen (secondary N) is 1. The number of carbonyl (C=O) groups excluding carboxylic acids is 1. The van der Waals surface area contributed by atoms with Crippen LogP contribution < -0.4 is 15.7 Å². The first-order chi connectivity index (χ1) is 14.0. The van der Waals surface area contributed by atoms with Crippen LogP contribution in [0, 0.1) is 5.92 Å². The quantitative estimate of drug-likeness (QED) is 0.568. The highest BCUT2D eigenvalue weighted by molar-refractivity contribution is 6.99. The Kier molecular flexibility index (Phi) is 6.56. The van der Waals surface area contributed by atoms with Gasteiger partial charge in [0.2, 0.25) is 0 Å². The molecule has 1 heterocycles. The molecule has 2 aromatic rings. The smallest absolute Gasteiger partial charge is 0.324 e. The van der Waals surface area contributed by atoms with Crippen LogP contribution >= 0.6 is 0 Å². The molecule has 30 heavy (non-hydrogen) atoms. The van der Waals surface area contributed by atoms with Gasteiger partial charge in [0.15, 0.2) is 0 Å². The lowest BCUT2D eigenvalue weighted by Gasteiger charge is -2.45. The number of rotatable bonds is 6. The van der Waals surface area contributed by atoms with Gasteiger partial charge in [-0.1, -0.05) is 81.4 Å². The van der Waals surface area contributed by atoms with E-state index in [2.05, 4.69) is 74.6 Å². The molecule has 0 unspecified atom stereocenters. The Labute approximate surface area is 182 Å². The number of ether oxygens (including phenoxy) is 1. The average Bonchev–Trinajstić information content (AvgIpc) is 2.63. The zero-order valence-corrected chi connectivity index (χ0v) is 20.1. The van der Waals surface area contributed by atoms with Crippen LogP contribution in [0.3, 0.4) is 0 Å². The lowest BCUT2D eigenvalue weighted by atomic mass is 9.92. The topological polar surface area (TPSA) is 47.6 Å². The van der Waals surface area contributed by atoms with Crippen molar-refractivity contribution in [3.63, 3.8) is 0 Å². The first kappa shape index (κ1) is 22.7. The van der Waals surface area contributed by atoms with E-state index in [9.17, 15) is 4.79 Å². The first-order valence-corrected chi connectivity index (χ1v) is 12.7. The van der Waals surface area contributed by atoms with Crippen molar-refractivity contribution in [1.29, 1.82) is 0 Å². The van der Waals surface area contributed by atoms with Crippen molar-refractivity contribution < 1.29 is 14.0 Å². The minimum absolute atomic E-state index is 0.0751. The van der Waals surface area contributed by atoms with E-state index in [1.807, 2.05) is 32.9 Å². The lowest BCUT2D eigenvalue weighted by Crippen LogP contribution is -2.68. The summed E-state index contributed by atoms with van der Waals surface area (Å²) in [5, 5.41) is 5.67. The van der Waals surface area contributed by atoms with E-state index in [0.717, 1.165) is 6.54 Å². The van der Waals surface area contributed by atoms with Crippen molar-refractivity contribution in [1.82, 2.24) is 5.32 Å². The van der Waals surface area contributed by atoms with Gasteiger partial charge in [0.1, 0.15) is 11.6 Å². The van der Waals surface area contributed by atoms with Crippen molar-refractivity contribution in [3.8, 4) is 0 Å². The summed E-state index contributed by atoms with van der Waals surface area (Å²) in [5.41, 5.74) is -0.488. The zero-order valence-electron chi connectivity index (χ0n) is 19.1. The minimum Gasteiger partial charge on any atom is -0.459 e. The summed E-state index contributed by atoms with van der Waals surface area (Å²) in [5.74, 6) is -0.0775. The highest BCUT2D eigenvalue weighted by atomic mass is 28.4. The van der Waals surface area contributed by atoms with Gasteiger partial charge in [-0.15, -0.1) is 0 Å².